The molecule has 1 aliphatic rings. The van der Waals surface area contributed by atoms with Crippen LogP contribution in [0.15, 0.2) is 16.6 Å². The fourth-order valence-electron chi connectivity index (χ4n) is 2.23. The summed E-state index contributed by atoms with van der Waals surface area (Å²) in [4.78, 5) is 0. The topological polar surface area (TPSA) is 32.3 Å². The molecule has 2 nitrogen and oxygen atoms in total. The minimum Gasteiger partial charge on any atom is -0.508 e. The molecule has 2 N–H and O–H groups in total. The van der Waals surface area contributed by atoms with Crippen molar-refractivity contribution in [1.29, 1.82) is 0 Å². The van der Waals surface area contributed by atoms with Gasteiger partial charge in [0.2, 0.25) is 0 Å². The molecule has 0 aromatic heterocycles. The highest BCUT2D eigenvalue weighted by Crippen LogP contribution is 2.38. The maximum Gasteiger partial charge on any atom is 0.120 e. The molecule has 3 heteroatoms. The van der Waals surface area contributed by atoms with Crippen molar-refractivity contribution < 1.29 is 5.11 Å². The largest absolute Gasteiger partial charge is 0.508 e. The SMILES string of the molecule is Cc1cc(O)c(C2(C)CCCN2)cc1Br. The molecule has 0 radical (unpaired) electrons. The summed E-state index contributed by atoms with van der Waals surface area (Å²) in [6.07, 6.45) is 2.25. The summed E-state index contributed by atoms with van der Waals surface area (Å²) in [5.74, 6) is 0.396. The fraction of sp³-hybridized carbons (Fsp3) is 0.500. The zero-order valence-electron chi connectivity index (χ0n) is 9.10. The molecule has 1 unspecified atom stereocenters. The number of benzene rings is 1. The number of phenolic OH excluding ortho intramolecular Hbond substituents is 1. The summed E-state index contributed by atoms with van der Waals surface area (Å²) in [6.45, 7) is 5.16. The molecular formula is C12H16BrNO. The zero-order chi connectivity index (χ0) is 11.1. The Hall–Kier alpha value is -0.540. The Bertz CT molecular complexity index is 383. The third-order valence-corrected chi connectivity index (χ3v) is 4.09. The van der Waals surface area contributed by atoms with Gasteiger partial charge in [0.1, 0.15) is 5.75 Å². The highest BCUT2D eigenvalue weighted by molar-refractivity contribution is 9.10. The summed E-state index contributed by atoms with van der Waals surface area (Å²) in [7, 11) is 0. The van der Waals surface area contributed by atoms with Crippen molar-refractivity contribution in [2.24, 2.45) is 0 Å². The van der Waals surface area contributed by atoms with E-state index in [1.807, 2.05) is 19.1 Å². The number of aromatic hydroxyl groups is 1. The molecule has 1 aromatic carbocycles. The van der Waals surface area contributed by atoms with Gasteiger partial charge in [-0.05, 0) is 50.9 Å². The molecule has 1 aromatic rings. The molecular weight excluding hydrogens is 254 g/mol. The average Bonchev–Trinajstić information content (AvgIpc) is 2.60. The van der Waals surface area contributed by atoms with E-state index in [9.17, 15) is 5.11 Å². The number of phenols is 1. The average molecular weight is 270 g/mol. The highest BCUT2D eigenvalue weighted by atomic mass is 79.9. The smallest absolute Gasteiger partial charge is 0.120 e. The second kappa shape index (κ2) is 3.80. The van der Waals surface area contributed by atoms with Gasteiger partial charge in [0.15, 0.2) is 0 Å². The molecule has 0 aliphatic carbocycles. The quantitative estimate of drug-likeness (QED) is 0.822. The summed E-state index contributed by atoms with van der Waals surface area (Å²) in [5, 5.41) is 13.4. The summed E-state index contributed by atoms with van der Waals surface area (Å²) >= 11 is 3.51. The fourth-order valence-corrected chi connectivity index (χ4v) is 2.58. The third kappa shape index (κ3) is 1.91. The van der Waals surface area contributed by atoms with Crippen molar-refractivity contribution in [1.82, 2.24) is 5.32 Å². The Balaban J connectivity index is 2.48. The van der Waals surface area contributed by atoms with E-state index in [1.165, 1.54) is 6.42 Å². The van der Waals surface area contributed by atoms with Crippen LogP contribution in [0.4, 0.5) is 0 Å². The van der Waals surface area contributed by atoms with Crippen molar-refractivity contribution >= 4 is 15.9 Å². The van der Waals surface area contributed by atoms with E-state index in [0.717, 1.165) is 28.6 Å². The molecule has 2 rings (SSSR count). The third-order valence-electron chi connectivity index (χ3n) is 3.24. The van der Waals surface area contributed by atoms with Crippen LogP contribution in [0.1, 0.15) is 30.9 Å². The highest BCUT2D eigenvalue weighted by Gasteiger charge is 2.32. The first-order valence-electron chi connectivity index (χ1n) is 5.27. The lowest BCUT2D eigenvalue weighted by Gasteiger charge is -2.26. The van der Waals surface area contributed by atoms with Crippen LogP contribution in [-0.2, 0) is 5.54 Å². The Morgan fingerprint density at radius 3 is 2.80 bits per heavy atom. The first-order chi connectivity index (χ1) is 7.03. The number of rotatable bonds is 1. The van der Waals surface area contributed by atoms with E-state index in [4.69, 9.17) is 0 Å². The lowest BCUT2D eigenvalue weighted by molar-refractivity contribution is 0.394. The molecule has 15 heavy (non-hydrogen) atoms. The molecule has 1 aliphatic heterocycles. The van der Waals surface area contributed by atoms with E-state index < -0.39 is 0 Å². The number of hydrogen-bond donors (Lipinski definition) is 2. The molecule has 1 saturated heterocycles. The Kier molecular flexibility index (Phi) is 2.77. The molecule has 0 saturated carbocycles. The Labute approximate surface area is 98.8 Å². The first-order valence-corrected chi connectivity index (χ1v) is 6.07. The van der Waals surface area contributed by atoms with E-state index >= 15 is 0 Å². The Morgan fingerprint density at radius 1 is 1.47 bits per heavy atom. The van der Waals surface area contributed by atoms with Gasteiger partial charge in [-0.3, -0.25) is 0 Å². The predicted molar refractivity (Wildman–Crippen MR) is 65.1 cm³/mol. The summed E-state index contributed by atoms with van der Waals surface area (Å²) < 4.78 is 1.06. The predicted octanol–water partition coefficient (Wildman–Crippen LogP) is 3.06. The normalized spacial score (nSPS) is 25.8. The van der Waals surface area contributed by atoms with Gasteiger partial charge in [0.25, 0.3) is 0 Å². The molecule has 0 bridgehead atoms. The van der Waals surface area contributed by atoms with Gasteiger partial charge in [0.05, 0.1) is 0 Å². The van der Waals surface area contributed by atoms with Crippen LogP contribution in [0.3, 0.4) is 0 Å². The van der Waals surface area contributed by atoms with E-state index in [2.05, 4.69) is 28.2 Å². The van der Waals surface area contributed by atoms with E-state index in [-0.39, 0.29) is 5.54 Å². The van der Waals surface area contributed by atoms with Gasteiger partial charge < -0.3 is 10.4 Å². The second-order valence-corrected chi connectivity index (χ2v) is 5.34. The van der Waals surface area contributed by atoms with Gasteiger partial charge in [-0.1, -0.05) is 15.9 Å². The zero-order valence-corrected chi connectivity index (χ0v) is 10.7. The molecule has 82 valence electrons. The Morgan fingerprint density at radius 2 is 2.20 bits per heavy atom. The molecule has 1 fully saturated rings. The van der Waals surface area contributed by atoms with Gasteiger partial charge in [0, 0.05) is 15.6 Å². The van der Waals surface area contributed by atoms with E-state index in [0.29, 0.717) is 5.75 Å². The second-order valence-electron chi connectivity index (χ2n) is 4.48. The monoisotopic (exact) mass is 269 g/mol. The van der Waals surface area contributed by atoms with Crippen LogP contribution in [0.2, 0.25) is 0 Å². The van der Waals surface area contributed by atoms with Crippen molar-refractivity contribution in [3.8, 4) is 5.75 Å². The molecule has 0 spiro atoms. The van der Waals surface area contributed by atoms with Crippen LogP contribution >= 0.6 is 15.9 Å². The number of halogens is 1. The number of hydrogen-bond acceptors (Lipinski definition) is 2. The van der Waals surface area contributed by atoms with Crippen molar-refractivity contribution in [3.05, 3.63) is 27.7 Å². The number of aryl methyl sites for hydroxylation is 1. The first kappa shape index (κ1) is 11.0. The molecule has 1 atom stereocenters. The lowest BCUT2D eigenvalue weighted by atomic mass is 9.89. The maximum absolute atomic E-state index is 9.98. The molecule has 1 heterocycles. The van der Waals surface area contributed by atoms with Gasteiger partial charge in [-0.2, -0.15) is 0 Å². The van der Waals surface area contributed by atoms with Crippen molar-refractivity contribution in [2.45, 2.75) is 32.2 Å². The van der Waals surface area contributed by atoms with Gasteiger partial charge in [-0.25, -0.2) is 0 Å². The van der Waals surface area contributed by atoms with Crippen LogP contribution in [0.25, 0.3) is 0 Å². The van der Waals surface area contributed by atoms with Crippen LogP contribution < -0.4 is 5.32 Å². The minimum atomic E-state index is -0.0691. The van der Waals surface area contributed by atoms with Gasteiger partial charge >= 0.3 is 0 Å². The lowest BCUT2D eigenvalue weighted by Crippen LogP contribution is -2.33. The minimum absolute atomic E-state index is 0.0691. The van der Waals surface area contributed by atoms with Crippen LogP contribution in [0.5, 0.6) is 5.75 Å². The summed E-state index contributed by atoms with van der Waals surface area (Å²) in [6, 6.07) is 3.85. The van der Waals surface area contributed by atoms with E-state index in [1.54, 1.807) is 0 Å². The van der Waals surface area contributed by atoms with Gasteiger partial charge in [-0.15, -0.1) is 0 Å². The molecule has 0 amide bonds. The maximum atomic E-state index is 9.98. The van der Waals surface area contributed by atoms with Crippen molar-refractivity contribution in [3.63, 3.8) is 0 Å². The van der Waals surface area contributed by atoms with Crippen LogP contribution in [-0.4, -0.2) is 11.7 Å². The standard InChI is InChI=1S/C12H16BrNO/c1-8-6-11(15)9(7-10(8)13)12(2)4-3-5-14-12/h6-7,14-15H,3-5H2,1-2H3. The number of nitrogens with one attached hydrogen (secondary N) is 1. The van der Waals surface area contributed by atoms with Crippen molar-refractivity contribution in [2.75, 3.05) is 6.54 Å². The van der Waals surface area contributed by atoms with Crippen LogP contribution in [0, 0.1) is 6.92 Å². The summed E-state index contributed by atoms with van der Waals surface area (Å²) in [5.41, 5.74) is 2.00.